The summed E-state index contributed by atoms with van der Waals surface area (Å²) in [7, 11) is 0. The van der Waals surface area contributed by atoms with Crippen LogP contribution in [0.3, 0.4) is 0 Å². The fourth-order valence-electron chi connectivity index (χ4n) is 2.22. The zero-order valence-corrected chi connectivity index (χ0v) is 9.85. The molecule has 0 radical (unpaired) electrons. The van der Waals surface area contributed by atoms with E-state index in [1.54, 1.807) is 4.90 Å². The number of piperidine rings is 1. The number of hydrogen-bond donors (Lipinski definition) is 2. The first-order chi connectivity index (χ1) is 7.41. The first kappa shape index (κ1) is 13.0. The van der Waals surface area contributed by atoms with Gasteiger partial charge in [0, 0.05) is 12.6 Å². The van der Waals surface area contributed by atoms with Gasteiger partial charge in [0.05, 0.1) is 12.5 Å². The van der Waals surface area contributed by atoms with Crippen molar-refractivity contribution in [2.24, 2.45) is 11.7 Å². The highest BCUT2D eigenvalue weighted by Crippen LogP contribution is 2.22. The second-order valence-electron chi connectivity index (χ2n) is 4.71. The molecule has 0 aromatic rings. The van der Waals surface area contributed by atoms with Crippen LogP contribution >= 0.6 is 0 Å². The number of hydrogen-bond acceptors (Lipinski definition) is 3. The van der Waals surface area contributed by atoms with Crippen LogP contribution in [0.5, 0.6) is 0 Å². The maximum Gasteiger partial charge on any atom is 0.305 e. The van der Waals surface area contributed by atoms with E-state index in [0.29, 0.717) is 12.5 Å². The minimum absolute atomic E-state index is 0.163. The summed E-state index contributed by atoms with van der Waals surface area (Å²) in [4.78, 5) is 24.1. The lowest BCUT2D eigenvalue weighted by Crippen LogP contribution is -2.51. The maximum absolute atomic E-state index is 11.9. The zero-order valence-electron chi connectivity index (χ0n) is 9.85. The van der Waals surface area contributed by atoms with Crippen LogP contribution in [0.25, 0.3) is 0 Å². The number of amides is 1. The quantitative estimate of drug-likeness (QED) is 0.734. The van der Waals surface area contributed by atoms with Crippen molar-refractivity contribution in [3.8, 4) is 0 Å². The van der Waals surface area contributed by atoms with Crippen molar-refractivity contribution < 1.29 is 14.7 Å². The summed E-state index contributed by atoms with van der Waals surface area (Å²) in [6, 6.07) is -0.746. The Kier molecular flexibility index (Phi) is 4.29. The third-order valence-electron chi connectivity index (χ3n) is 3.13. The van der Waals surface area contributed by atoms with Crippen molar-refractivity contribution >= 4 is 11.9 Å². The summed E-state index contributed by atoms with van der Waals surface area (Å²) in [5, 5.41) is 8.59. The first-order valence-corrected chi connectivity index (χ1v) is 5.69. The number of nitrogens with two attached hydrogens (primary N) is 1. The van der Waals surface area contributed by atoms with E-state index in [-0.39, 0.29) is 18.4 Å². The molecule has 92 valence electrons. The van der Waals surface area contributed by atoms with Crippen molar-refractivity contribution in [1.82, 2.24) is 4.90 Å². The van der Waals surface area contributed by atoms with Gasteiger partial charge in [-0.25, -0.2) is 0 Å². The highest BCUT2D eigenvalue weighted by Gasteiger charge is 2.30. The molecule has 0 aromatic carbocycles. The second-order valence-corrected chi connectivity index (χ2v) is 4.71. The molecule has 1 fully saturated rings. The molecular weight excluding hydrogens is 208 g/mol. The van der Waals surface area contributed by atoms with Crippen molar-refractivity contribution in [1.29, 1.82) is 0 Å². The third kappa shape index (κ3) is 3.20. The van der Waals surface area contributed by atoms with E-state index in [1.165, 1.54) is 0 Å². The van der Waals surface area contributed by atoms with E-state index in [2.05, 4.69) is 6.92 Å². The minimum Gasteiger partial charge on any atom is -0.481 e. The van der Waals surface area contributed by atoms with Crippen molar-refractivity contribution in [2.75, 3.05) is 6.54 Å². The first-order valence-electron chi connectivity index (χ1n) is 5.69. The van der Waals surface area contributed by atoms with Crippen LogP contribution < -0.4 is 5.73 Å². The fraction of sp³-hybridized carbons (Fsp3) is 0.818. The van der Waals surface area contributed by atoms with Crippen molar-refractivity contribution in [3.05, 3.63) is 0 Å². The minimum atomic E-state index is -1.03. The third-order valence-corrected chi connectivity index (χ3v) is 3.13. The number of rotatable bonds is 3. The predicted molar refractivity (Wildman–Crippen MR) is 59.8 cm³/mol. The number of nitrogens with zero attached hydrogens (tertiary/aromatic N) is 1. The van der Waals surface area contributed by atoms with Gasteiger partial charge in [0.1, 0.15) is 0 Å². The SMILES string of the molecule is CC1CCN(C(=O)C(N)CC(=O)O)C(C)C1. The van der Waals surface area contributed by atoms with Crippen LogP contribution in [0, 0.1) is 5.92 Å². The van der Waals surface area contributed by atoms with E-state index >= 15 is 0 Å². The molecule has 0 spiro atoms. The molecule has 5 nitrogen and oxygen atoms in total. The molecular formula is C11H20N2O3. The lowest BCUT2D eigenvalue weighted by atomic mass is 9.93. The van der Waals surface area contributed by atoms with Gasteiger partial charge in [-0.3, -0.25) is 9.59 Å². The average Bonchev–Trinajstić information content (AvgIpc) is 2.15. The van der Waals surface area contributed by atoms with E-state index in [9.17, 15) is 9.59 Å². The van der Waals surface area contributed by atoms with Gasteiger partial charge in [0.15, 0.2) is 0 Å². The molecule has 1 aliphatic rings. The molecule has 1 amide bonds. The molecule has 0 saturated carbocycles. The molecule has 3 N–H and O–H groups in total. The van der Waals surface area contributed by atoms with Crippen molar-refractivity contribution in [2.45, 2.75) is 45.2 Å². The number of carbonyl (C=O) groups excluding carboxylic acids is 1. The normalized spacial score (nSPS) is 27.6. The molecule has 16 heavy (non-hydrogen) atoms. The van der Waals surface area contributed by atoms with Crippen LogP contribution in [-0.4, -0.2) is 40.5 Å². The molecule has 1 aliphatic heterocycles. The summed E-state index contributed by atoms with van der Waals surface area (Å²) >= 11 is 0. The summed E-state index contributed by atoms with van der Waals surface area (Å²) in [5.41, 5.74) is 5.57. The Morgan fingerprint density at radius 3 is 2.62 bits per heavy atom. The number of carbonyl (C=O) groups is 2. The van der Waals surface area contributed by atoms with Crippen molar-refractivity contribution in [3.63, 3.8) is 0 Å². The van der Waals surface area contributed by atoms with Gasteiger partial charge >= 0.3 is 5.97 Å². The maximum atomic E-state index is 11.9. The molecule has 1 heterocycles. The average molecular weight is 228 g/mol. The van der Waals surface area contributed by atoms with Crippen LogP contribution in [-0.2, 0) is 9.59 Å². The highest BCUT2D eigenvalue weighted by molar-refractivity contribution is 5.86. The second kappa shape index (κ2) is 5.30. The predicted octanol–water partition coefficient (Wildman–Crippen LogP) is 0.435. The monoisotopic (exact) mass is 228 g/mol. The van der Waals surface area contributed by atoms with Gasteiger partial charge in [-0.05, 0) is 25.7 Å². The van der Waals surface area contributed by atoms with Crippen LogP contribution in [0.15, 0.2) is 0 Å². The Labute approximate surface area is 95.6 Å². The lowest BCUT2D eigenvalue weighted by Gasteiger charge is -2.37. The van der Waals surface area contributed by atoms with E-state index in [4.69, 9.17) is 10.8 Å². The Bertz CT molecular complexity index is 280. The molecule has 0 aliphatic carbocycles. The largest absolute Gasteiger partial charge is 0.481 e. The Hall–Kier alpha value is -1.10. The van der Waals surface area contributed by atoms with Crippen LogP contribution in [0.1, 0.15) is 33.1 Å². The van der Waals surface area contributed by atoms with Crippen LogP contribution in [0.4, 0.5) is 0 Å². The number of likely N-dealkylation sites (tertiary alicyclic amines) is 1. The summed E-state index contributed by atoms with van der Waals surface area (Å²) in [6.07, 6.45) is 1.64. The fourth-order valence-corrected chi connectivity index (χ4v) is 2.22. The summed E-state index contributed by atoms with van der Waals surface area (Å²) < 4.78 is 0. The number of aliphatic carboxylic acids is 1. The Morgan fingerprint density at radius 1 is 1.50 bits per heavy atom. The molecule has 1 saturated heterocycles. The highest BCUT2D eigenvalue weighted by atomic mass is 16.4. The van der Waals surface area contributed by atoms with Gasteiger partial charge in [0.25, 0.3) is 0 Å². The standard InChI is InChI=1S/C11H20N2O3/c1-7-3-4-13(8(2)5-7)11(16)9(12)6-10(14)15/h7-9H,3-6,12H2,1-2H3,(H,14,15). The van der Waals surface area contributed by atoms with Crippen LogP contribution in [0.2, 0.25) is 0 Å². The molecule has 0 aromatic heterocycles. The number of carboxylic acid groups (broad SMARTS) is 1. The Morgan fingerprint density at radius 2 is 2.12 bits per heavy atom. The number of carboxylic acids is 1. The van der Waals surface area contributed by atoms with Gasteiger partial charge < -0.3 is 15.7 Å². The van der Waals surface area contributed by atoms with E-state index in [0.717, 1.165) is 12.8 Å². The summed E-state index contributed by atoms with van der Waals surface area (Å²) in [6.45, 7) is 4.84. The lowest BCUT2D eigenvalue weighted by molar-refractivity contribution is -0.143. The van der Waals surface area contributed by atoms with Gasteiger partial charge in [-0.2, -0.15) is 0 Å². The van der Waals surface area contributed by atoms with Gasteiger partial charge in [0.2, 0.25) is 5.91 Å². The zero-order chi connectivity index (χ0) is 12.3. The molecule has 5 heteroatoms. The molecule has 3 atom stereocenters. The van der Waals surface area contributed by atoms with E-state index < -0.39 is 12.0 Å². The Balaban J connectivity index is 2.56. The smallest absolute Gasteiger partial charge is 0.305 e. The molecule has 1 rings (SSSR count). The molecule has 3 unspecified atom stereocenters. The topological polar surface area (TPSA) is 83.6 Å². The summed E-state index contributed by atoms with van der Waals surface area (Å²) in [5.74, 6) is -0.643. The van der Waals surface area contributed by atoms with Gasteiger partial charge in [-0.1, -0.05) is 6.92 Å². The van der Waals surface area contributed by atoms with E-state index in [1.807, 2.05) is 6.92 Å². The molecule has 0 bridgehead atoms. The van der Waals surface area contributed by atoms with Gasteiger partial charge in [-0.15, -0.1) is 0 Å².